The molecule has 1 aromatic rings. The number of carbonyl (C=O) groups is 1. The summed E-state index contributed by atoms with van der Waals surface area (Å²) < 4.78 is 0. The van der Waals surface area contributed by atoms with Crippen LogP contribution in [0.5, 0.6) is 5.75 Å². The molecule has 1 saturated heterocycles. The Morgan fingerprint density at radius 3 is 3.06 bits per heavy atom. The Balaban J connectivity index is 2.17. The van der Waals surface area contributed by atoms with Crippen LogP contribution in [-0.2, 0) is 0 Å². The molecule has 0 bridgehead atoms. The third-order valence-electron chi connectivity index (χ3n) is 3.41. The van der Waals surface area contributed by atoms with Gasteiger partial charge in [-0.2, -0.15) is 0 Å². The molecule has 1 aliphatic heterocycles. The summed E-state index contributed by atoms with van der Waals surface area (Å²) >= 11 is 5.87. The zero-order chi connectivity index (χ0) is 13.1. The van der Waals surface area contributed by atoms with Crippen LogP contribution in [0.3, 0.4) is 0 Å². The molecule has 1 atom stereocenters. The standard InChI is InChI=1S/C14H18ClNO2/c1-10-4-5-13(17)12(7-10)14(18)16-6-2-3-11(8-15)9-16/h4-5,7,11,17H,2-3,6,8-9H2,1H3. The summed E-state index contributed by atoms with van der Waals surface area (Å²) in [4.78, 5) is 14.2. The number of carbonyl (C=O) groups excluding carboxylic acids is 1. The maximum absolute atomic E-state index is 12.4. The third-order valence-corrected chi connectivity index (χ3v) is 3.84. The highest BCUT2D eigenvalue weighted by atomic mass is 35.5. The molecule has 0 spiro atoms. The van der Waals surface area contributed by atoms with Gasteiger partial charge in [0.2, 0.25) is 0 Å². The van der Waals surface area contributed by atoms with Crippen molar-refractivity contribution >= 4 is 17.5 Å². The molecular formula is C14H18ClNO2. The Morgan fingerprint density at radius 2 is 2.33 bits per heavy atom. The first-order valence-electron chi connectivity index (χ1n) is 6.26. The molecule has 4 heteroatoms. The number of benzene rings is 1. The van der Waals surface area contributed by atoms with E-state index in [1.165, 1.54) is 0 Å². The highest BCUT2D eigenvalue weighted by Crippen LogP contribution is 2.24. The van der Waals surface area contributed by atoms with E-state index in [2.05, 4.69) is 0 Å². The number of hydrogen-bond donors (Lipinski definition) is 1. The van der Waals surface area contributed by atoms with Crippen LogP contribution >= 0.6 is 11.6 Å². The number of nitrogens with zero attached hydrogens (tertiary/aromatic N) is 1. The Kier molecular flexibility index (Phi) is 4.12. The molecule has 0 aromatic heterocycles. The fourth-order valence-electron chi connectivity index (χ4n) is 2.37. The van der Waals surface area contributed by atoms with Crippen molar-refractivity contribution in [3.8, 4) is 5.75 Å². The van der Waals surface area contributed by atoms with E-state index in [1.54, 1.807) is 23.1 Å². The van der Waals surface area contributed by atoms with Gasteiger partial charge in [-0.15, -0.1) is 11.6 Å². The van der Waals surface area contributed by atoms with E-state index in [1.807, 2.05) is 6.92 Å². The van der Waals surface area contributed by atoms with E-state index in [9.17, 15) is 9.90 Å². The number of piperidine rings is 1. The summed E-state index contributed by atoms with van der Waals surface area (Å²) in [5.74, 6) is 0.921. The Hall–Kier alpha value is -1.22. The molecule has 0 saturated carbocycles. The van der Waals surface area contributed by atoms with Crippen LogP contribution in [0, 0.1) is 12.8 Å². The lowest BCUT2D eigenvalue weighted by Gasteiger charge is -2.32. The van der Waals surface area contributed by atoms with Crippen molar-refractivity contribution in [1.82, 2.24) is 4.90 Å². The van der Waals surface area contributed by atoms with E-state index < -0.39 is 0 Å². The second-order valence-corrected chi connectivity index (χ2v) is 5.24. The van der Waals surface area contributed by atoms with Crippen LogP contribution in [0.2, 0.25) is 0 Å². The lowest BCUT2D eigenvalue weighted by Crippen LogP contribution is -2.40. The molecule has 1 aromatic carbocycles. The first kappa shape index (κ1) is 13.2. The van der Waals surface area contributed by atoms with Gasteiger partial charge in [0.1, 0.15) is 5.75 Å². The molecule has 2 rings (SSSR count). The third kappa shape index (κ3) is 2.78. The van der Waals surface area contributed by atoms with Crippen LogP contribution in [0.15, 0.2) is 18.2 Å². The normalized spacial score (nSPS) is 19.9. The molecule has 1 fully saturated rings. The van der Waals surface area contributed by atoms with E-state index in [4.69, 9.17) is 11.6 Å². The molecule has 1 unspecified atom stereocenters. The summed E-state index contributed by atoms with van der Waals surface area (Å²) in [6.45, 7) is 3.35. The van der Waals surface area contributed by atoms with Gasteiger partial charge in [0, 0.05) is 19.0 Å². The SMILES string of the molecule is Cc1ccc(O)c(C(=O)N2CCCC(CCl)C2)c1. The van der Waals surface area contributed by atoms with Gasteiger partial charge in [-0.25, -0.2) is 0 Å². The maximum Gasteiger partial charge on any atom is 0.257 e. The van der Waals surface area contributed by atoms with Crippen molar-refractivity contribution in [3.05, 3.63) is 29.3 Å². The Morgan fingerprint density at radius 1 is 1.56 bits per heavy atom. The quantitative estimate of drug-likeness (QED) is 0.837. The fourth-order valence-corrected chi connectivity index (χ4v) is 2.62. The van der Waals surface area contributed by atoms with E-state index >= 15 is 0 Å². The van der Waals surface area contributed by atoms with Gasteiger partial charge in [-0.05, 0) is 37.8 Å². The maximum atomic E-state index is 12.4. The minimum absolute atomic E-state index is 0.0543. The van der Waals surface area contributed by atoms with Crippen LogP contribution < -0.4 is 0 Å². The average molecular weight is 268 g/mol. The number of alkyl halides is 1. The zero-order valence-corrected chi connectivity index (χ0v) is 11.3. The molecule has 0 radical (unpaired) electrons. The molecule has 1 N–H and O–H groups in total. The van der Waals surface area contributed by atoms with Crippen LogP contribution in [0.25, 0.3) is 0 Å². The number of amides is 1. The number of rotatable bonds is 2. The second-order valence-electron chi connectivity index (χ2n) is 4.93. The lowest BCUT2D eigenvalue weighted by atomic mass is 9.99. The van der Waals surface area contributed by atoms with Gasteiger partial charge < -0.3 is 10.0 Å². The summed E-state index contributed by atoms with van der Waals surface area (Å²) in [7, 11) is 0. The summed E-state index contributed by atoms with van der Waals surface area (Å²) in [5, 5.41) is 9.79. The van der Waals surface area contributed by atoms with Crippen molar-refractivity contribution in [3.63, 3.8) is 0 Å². The first-order chi connectivity index (χ1) is 8.61. The molecule has 1 heterocycles. The van der Waals surface area contributed by atoms with Gasteiger partial charge in [0.25, 0.3) is 5.91 Å². The fraction of sp³-hybridized carbons (Fsp3) is 0.500. The predicted molar refractivity (Wildman–Crippen MR) is 72.2 cm³/mol. The predicted octanol–water partition coefficient (Wildman–Crippen LogP) is 2.79. The van der Waals surface area contributed by atoms with E-state index in [-0.39, 0.29) is 11.7 Å². The molecule has 1 aliphatic rings. The van der Waals surface area contributed by atoms with Gasteiger partial charge >= 0.3 is 0 Å². The number of halogens is 1. The van der Waals surface area contributed by atoms with Crippen LogP contribution in [0.4, 0.5) is 0 Å². The average Bonchev–Trinajstić information content (AvgIpc) is 2.41. The minimum atomic E-state index is -0.0917. The molecule has 3 nitrogen and oxygen atoms in total. The summed E-state index contributed by atoms with van der Waals surface area (Å²) in [6.07, 6.45) is 2.06. The summed E-state index contributed by atoms with van der Waals surface area (Å²) in [5.41, 5.74) is 1.37. The van der Waals surface area contributed by atoms with Crippen molar-refractivity contribution in [2.75, 3.05) is 19.0 Å². The van der Waals surface area contributed by atoms with Crippen LogP contribution in [-0.4, -0.2) is 34.9 Å². The lowest BCUT2D eigenvalue weighted by molar-refractivity contribution is 0.0681. The molecule has 1 amide bonds. The number of aryl methyl sites for hydroxylation is 1. The number of phenolic OH excluding ortho intramolecular Hbond substituents is 1. The summed E-state index contributed by atoms with van der Waals surface area (Å²) in [6, 6.07) is 5.11. The van der Waals surface area contributed by atoms with Crippen molar-refractivity contribution in [1.29, 1.82) is 0 Å². The van der Waals surface area contributed by atoms with Crippen molar-refractivity contribution in [2.24, 2.45) is 5.92 Å². The number of phenols is 1. The second kappa shape index (κ2) is 5.61. The molecular weight excluding hydrogens is 250 g/mol. The van der Waals surface area contributed by atoms with E-state index in [0.29, 0.717) is 23.9 Å². The van der Waals surface area contributed by atoms with Gasteiger partial charge in [-0.1, -0.05) is 11.6 Å². The highest BCUT2D eigenvalue weighted by molar-refractivity contribution is 6.18. The Bertz CT molecular complexity index is 447. The molecule has 0 aliphatic carbocycles. The number of likely N-dealkylation sites (tertiary alicyclic amines) is 1. The highest BCUT2D eigenvalue weighted by Gasteiger charge is 2.25. The van der Waals surface area contributed by atoms with Gasteiger partial charge in [0.05, 0.1) is 5.56 Å². The van der Waals surface area contributed by atoms with Crippen molar-refractivity contribution < 1.29 is 9.90 Å². The topological polar surface area (TPSA) is 40.5 Å². The molecule has 98 valence electrons. The monoisotopic (exact) mass is 267 g/mol. The van der Waals surface area contributed by atoms with Crippen LogP contribution in [0.1, 0.15) is 28.8 Å². The zero-order valence-electron chi connectivity index (χ0n) is 10.5. The minimum Gasteiger partial charge on any atom is -0.507 e. The van der Waals surface area contributed by atoms with Gasteiger partial charge in [0.15, 0.2) is 0 Å². The van der Waals surface area contributed by atoms with Crippen molar-refractivity contribution in [2.45, 2.75) is 19.8 Å². The largest absolute Gasteiger partial charge is 0.507 e. The Labute approximate surface area is 112 Å². The smallest absolute Gasteiger partial charge is 0.257 e. The molecule has 18 heavy (non-hydrogen) atoms. The van der Waals surface area contributed by atoms with E-state index in [0.717, 1.165) is 24.9 Å². The van der Waals surface area contributed by atoms with Gasteiger partial charge in [-0.3, -0.25) is 4.79 Å². The number of hydrogen-bond acceptors (Lipinski definition) is 2. The number of aromatic hydroxyl groups is 1. The first-order valence-corrected chi connectivity index (χ1v) is 6.80.